The number of nitrogens with two attached hydrogens (primary N) is 1. The van der Waals surface area contributed by atoms with Gasteiger partial charge in [-0.1, -0.05) is 37.1 Å². The molecule has 0 heterocycles. The summed E-state index contributed by atoms with van der Waals surface area (Å²) in [4.78, 5) is 0. The molecule has 4 heteroatoms. The van der Waals surface area contributed by atoms with Crippen molar-refractivity contribution in [3.05, 3.63) is 34.9 Å². The molecule has 1 saturated carbocycles. The first kappa shape index (κ1) is 14.9. The van der Waals surface area contributed by atoms with E-state index in [0.717, 1.165) is 18.0 Å². The largest absolute Gasteiger partial charge is 0.409 e. The SMILES string of the molecule is Cc1cc(/C(N)=N/O)ccc1CNC1CCCCC1C. The predicted molar refractivity (Wildman–Crippen MR) is 81.9 cm³/mol. The minimum Gasteiger partial charge on any atom is -0.409 e. The molecule has 0 spiro atoms. The van der Waals surface area contributed by atoms with Crippen LogP contribution in [0.25, 0.3) is 0 Å². The molecule has 1 fully saturated rings. The minimum atomic E-state index is 0.161. The monoisotopic (exact) mass is 275 g/mol. The summed E-state index contributed by atoms with van der Waals surface area (Å²) < 4.78 is 0. The Labute approximate surface area is 121 Å². The first-order valence-corrected chi connectivity index (χ1v) is 7.42. The standard InChI is InChI=1S/C16H25N3O/c1-11-5-3-4-6-15(11)18-10-14-8-7-13(9-12(14)2)16(17)19-20/h7-9,11,15,18,20H,3-6,10H2,1-2H3,(H2,17,19). The van der Waals surface area contributed by atoms with Crippen molar-refractivity contribution >= 4 is 5.84 Å². The van der Waals surface area contributed by atoms with E-state index in [0.29, 0.717) is 6.04 Å². The fraction of sp³-hybridized carbons (Fsp3) is 0.562. The first-order valence-electron chi connectivity index (χ1n) is 7.42. The lowest BCUT2D eigenvalue weighted by molar-refractivity contribution is 0.279. The second-order valence-corrected chi connectivity index (χ2v) is 5.88. The topological polar surface area (TPSA) is 70.6 Å². The van der Waals surface area contributed by atoms with Gasteiger partial charge >= 0.3 is 0 Å². The van der Waals surface area contributed by atoms with Crippen LogP contribution in [0, 0.1) is 12.8 Å². The van der Waals surface area contributed by atoms with E-state index in [1.54, 1.807) is 0 Å². The van der Waals surface area contributed by atoms with Gasteiger partial charge in [0.15, 0.2) is 5.84 Å². The third-order valence-corrected chi connectivity index (χ3v) is 4.41. The molecule has 2 unspecified atom stereocenters. The molecular formula is C16H25N3O. The second-order valence-electron chi connectivity index (χ2n) is 5.88. The molecule has 1 aliphatic carbocycles. The van der Waals surface area contributed by atoms with Gasteiger partial charge in [0.2, 0.25) is 0 Å². The smallest absolute Gasteiger partial charge is 0.170 e. The summed E-state index contributed by atoms with van der Waals surface area (Å²) in [5.74, 6) is 0.925. The van der Waals surface area contributed by atoms with Crippen LogP contribution in [-0.2, 0) is 6.54 Å². The molecule has 0 radical (unpaired) electrons. The van der Waals surface area contributed by atoms with Crippen LogP contribution in [0.1, 0.15) is 49.3 Å². The van der Waals surface area contributed by atoms with E-state index in [2.05, 4.69) is 30.4 Å². The highest BCUT2D eigenvalue weighted by atomic mass is 16.4. The van der Waals surface area contributed by atoms with E-state index in [1.165, 1.54) is 36.8 Å². The average Bonchev–Trinajstić information content (AvgIpc) is 2.46. The maximum Gasteiger partial charge on any atom is 0.170 e. The van der Waals surface area contributed by atoms with Crippen LogP contribution in [-0.4, -0.2) is 17.1 Å². The highest BCUT2D eigenvalue weighted by molar-refractivity contribution is 5.97. The number of amidine groups is 1. The van der Waals surface area contributed by atoms with Gasteiger partial charge in [-0.2, -0.15) is 0 Å². The Balaban J connectivity index is 1.99. The molecule has 4 nitrogen and oxygen atoms in total. The molecule has 110 valence electrons. The molecule has 2 atom stereocenters. The zero-order valence-electron chi connectivity index (χ0n) is 12.4. The molecule has 0 bridgehead atoms. The Kier molecular flexibility index (Phi) is 5.01. The predicted octanol–water partition coefficient (Wildman–Crippen LogP) is 2.76. The Hall–Kier alpha value is -1.55. The van der Waals surface area contributed by atoms with E-state index in [9.17, 15) is 0 Å². The zero-order valence-corrected chi connectivity index (χ0v) is 12.4. The fourth-order valence-electron chi connectivity index (χ4n) is 2.97. The van der Waals surface area contributed by atoms with Gasteiger partial charge in [0.1, 0.15) is 0 Å². The number of hydrogen-bond acceptors (Lipinski definition) is 3. The lowest BCUT2D eigenvalue weighted by Crippen LogP contribution is -2.36. The molecule has 0 saturated heterocycles. The van der Waals surface area contributed by atoms with Crippen LogP contribution in [0.4, 0.5) is 0 Å². The lowest BCUT2D eigenvalue weighted by atomic mass is 9.86. The van der Waals surface area contributed by atoms with Crippen molar-refractivity contribution in [1.82, 2.24) is 5.32 Å². The van der Waals surface area contributed by atoms with Gasteiger partial charge in [0.05, 0.1) is 0 Å². The fourth-order valence-corrected chi connectivity index (χ4v) is 2.97. The van der Waals surface area contributed by atoms with Crippen LogP contribution < -0.4 is 11.1 Å². The number of hydrogen-bond donors (Lipinski definition) is 3. The summed E-state index contributed by atoms with van der Waals surface area (Å²) in [6.07, 6.45) is 5.32. The van der Waals surface area contributed by atoms with E-state index in [1.807, 2.05) is 12.1 Å². The highest BCUT2D eigenvalue weighted by Crippen LogP contribution is 2.24. The molecule has 1 aliphatic rings. The van der Waals surface area contributed by atoms with E-state index >= 15 is 0 Å². The molecular weight excluding hydrogens is 250 g/mol. The van der Waals surface area contributed by atoms with Crippen LogP contribution in [0.2, 0.25) is 0 Å². The van der Waals surface area contributed by atoms with Crippen LogP contribution >= 0.6 is 0 Å². The summed E-state index contributed by atoms with van der Waals surface area (Å²) in [5, 5.41) is 15.4. The van der Waals surface area contributed by atoms with Crippen molar-refractivity contribution in [2.45, 2.75) is 52.1 Å². The third-order valence-electron chi connectivity index (χ3n) is 4.41. The second kappa shape index (κ2) is 6.75. The van der Waals surface area contributed by atoms with Crippen molar-refractivity contribution in [3.63, 3.8) is 0 Å². The molecule has 1 aromatic rings. The quantitative estimate of drug-likeness (QED) is 0.342. The van der Waals surface area contributed by atoms with Crippen LogP contribution in [0.5, 0.6) is 0 Å². The Bertz CT molecular complexity index is 485. The lowest BCUT2D eigenvalue weighted by Gasteiger charge is -2.30. The van der Waals surface area contributed by atoms with Gasteiger partial charge in [-0.3, -0.25) is 0 Å². The average molecular weight is 275 g/mol. The van der Waals surface area contributed by atoms with Gasteiger partial charge < -0.3 is 16.3 Å². The maximum absolute atomic E-state index is 8.70. The van der Waals surface area contributed by atoms with Gasteiger partial charge in [-0.15, -0.1) is 0 Å². The van der Waals surface area contributed by atoms with E-state index in [4.69, 9.17) is 10.9 Å². The zero-order chi connectivity index (χ0) is 14.5. The molecule has 0 aromatic heterocycles. The Morgan fingerprint density at radius 1 is 1.40 bits per heavy atom. The summed E-state index contributed by atoms with van der Waals surface area (Å²) >= 11 is 0. The third kappa shape index (κ3) is 3.51. The van der Waals surface area contributed by atoms with Gasteiger partial charge in [-0.25, -0.2) is 0 Å². The maximum atomic E-state index is 8.70. The summed E-state index contributed by atoms with van der Waals surface area (Å²) in [6, 6.07) is 6.56. The molecule has 0 amide bonds. The molecule has 0 aliphatic heterocycles. The van der Waals surface area contributed by atoms with Crippen molar-refractivity contribution in [2.75, 3.05) is 0 Å². The van der Waals surface area contributed by atoms with Crippen molar-refractivity contribution < 1.29 is 5.21 Å². The molecule has 20 heavy (non-hydrogen) atoms. The Morgan fingerprint density at radius 3 is 2.80 bits per heavy atom. The normalized spacial score (nSPS) is 23.8. The van der Waals surface area contributed by atoms with E-state index in [-0.39, 0.29) is 5.84 Å². The Morgan fingerprint density at radius 2 is 2.15 bits per heavy atom. The minimum absolute atomic E-state index is 0.161. The van der Waals surface area contributed by atoms with Crippen LogP contribution in [0.15, 0.2) is 23.4 Å². The van der Waals surface area contributed by atoms with Crippen molar-refractivity contribution in [1.29, 1.82) is 0 Å². The first-order chi connectivity index (χ1) is 9.61. The number of nitrogens with one attached hydrogen (secondary N) is 1. The summed E-state index contributed by atoms with van der Waals surface area (Å²) in [7, 11) is 0. The van der Waals surface area contributed by atoms with Crippen molar-refractivity contribution in [2.24, 2.45) is 16.8 Å². The summed E-state index contributed by atoms with van der Waals surface area (Å²) in [5.41, 5.74) is 8.82. The highest BCUT2D eigenvalue weighted by Gasteiger charge is 2.20. The van der Waals surface area contributed by atoms with Crippen LogP contribution in [0.3, 0.4) is 0 Å². The number of rotatable bonds is 4. The number of aryl methyl sites for hydroxylation is 1. The molecule has 2 rings (SSSR count). The van der Waals surface area contributed by atoms with Gasteiger partial charge in [0.25, 0.3) is 0 Å². The molecule has 4 N–H and O–H groups in total. The number of nitrogens with zero attached hydrogens (tertiary/aromatic N) is 1. The molecule has 1 aromatic carbocycles. The number of oxime groups is 1. The van der Waals surface area contributed by atoms with Crippen molar-refractivity contribution in [3.8, 4) is 0 Å². The summed E-state index contributed by atoms with van der Waals surface area (Å²) in [6.45, 7) is 5.29. The van der Waals surface area contributed by atoms with Gasteiger partial charge in [0, 0.05) is 18.2 Å². The van der Waals surface area contributed by atoms with Gasteiger partial charge in [-0.05, 0) is 42.9 Å². The van der Waals surface area contributed by atoms with E-state index < -0.39 is 0 Å². The number of benzene rings is 1.